The Kier molecular flexibility index (Phi) is 5.92. The Morgan fingerprint density at radius 3 is 2.75 bits per heavy atom. The van der Waals surface area contributed by atoms with Gasteiger partial charge in [-0.15, -0.1) is 0 Å². The number of benzene rings is 1. The zero-order valence-corrected chi connectivity index (χ0v) is 16.4. The van der Waals surface area contributed by atoms with Crippen LogP contribution in [-0.4, -0.2) is 71.0 Å². The van der Waals surface area contributed by atoms with Gasteiger partial charge in [0.2, 0.25) is 0 Å². The molecule has 3 heterocycles. The fourth-order valence-electron chi connectivity index (χ4n) is 3.74. The summed E-state index contributed by atoms with van der Waals surface area (Å²) in [6, 6.07) is 12.2. The number of hydrogen-bond acceptors (Lipinski definition) is 5. The average molecular weight is 384 g/mol. The number of carbonyl (C=O) groups excluding carboxylic acids is 1. The Morgan fingerprint density at radius 1 is 1.18 bits per heavy atom. The second kappa shape index (κ2) is 8.75. The molecular weight excluding hydrogens is 356 g/mol. The molecule has 0 aliphatic carbocycles. The summed E-state index contributed by atoms with van der Waals surface area (Å²) < 4.78 is 13.3. The van der Waals surface area contributed by atoms with Crippen molar-refractivity contribution >= 4 is 5.91 Å². The van der Waals surface area contributed by atoms with Gasteiger partial charge in [-0.05, 0) is 31.5 Å². The number of aryl methyl sites for hydroxylation is 1. The van der Waals surface area contributed by atoms with Crippen LogP contribution in [0.3, 0.4) is 0 Å². The molecule has 2 aromatic rings. The molecule has 0 radical (unpaired) electrons. The van der Waals surface area contributed by atoms with Gasteiger partial charge in [0.1, 0.15) is 12.4 Å². The van der Waals surface area contributed by atoms with Gasteiger partial charge in [0.15, 0.2) is 5.69 Å². The molecule has 1 atom stereocenters. The van der Waals surface area contributed by atoms with Crippen LogP contribution in [0.4, 0.5) is 0 Å². The van der Waals surface area contributed by atoms with Crippen LogP contribution >= 0.6 is 0 Å². The van der Waals surface area contributed by atoms with E-state index in [-0.39, 0.29) is 11.9 Å². The van der Waals surface area contributed by atoms with E-state index in [9.17, 15) is 4.79 Å². The highest BCUT2D eigenvalue weighted by atomic mass is 16.5. The van der Waals surface area contributed by atoms with E-state index in [0.717, 1.165) is 37.5 Å². The van der Waals surface area contributed by atoms with Crippen LogP contribution in [0.25, 0.3) is 0 Å². The first-order chi connectivity index (χ1) is 13.7. The molecule has 0 spiro atoms. The van der Waals surface area contributed by atoms with E-state index in [1.807, 2.05) is 46.0 Å². The van der Waals surface area contributed by atoms with E-state index in [1.54, 1.807) is 0 Å². The van der Waals surface area contributed by atoms with Crippen molar-refractivity contribution in [1.82, 2.24) is 19.6 Å². The van der Waals surface area contributed by atoms with Crippen LogP contribution in [0.1, 0.15) is 29.5 Å². The molecule has 2 aliphatic heterocycles. The number of fused-ring (bicyclic) bond motifs is 1. The molecule has 7 heteroatoms. The highest BCUT2D eigenvalue weighted by Crippen LogP contribution is 2.18. The minimum absolute atomic E-state index is 0.0101. The minimum Gasteiger partial charge on any atom is -0.492 e. The molecule has 150 valence electrons. The lowest BCUT2D eigenvalue weighted by Gasteiger charge is -2.27. The van der Waals surface area contributed by atoms with Gasteiger partial charge in [-0.3, -0.25) is 14.4 Å². The normalized spacial score (nSPS) is 19.0. The molecule has 1 fully saturated rings. The Balaban J connectivity index is 1.40. The summed E-state index contributed by atoms with van der Waals surface area (Å²) in [5.41, 5.74) is 1.65. The van der Waals surface area contributed by atoms with Gasteiger partial charge in [0.05, 0.1) is 18.9 Å². The first-order valence-corrected chi connectivity index (χ1v) is 10.1. The van der Waals surface area contributed by atoms with Crippen molar-refractivity contribution in [2.45, 2.75) is 32.5 Å². The molecule has 0 bridgehead atoms. The van der Waals surface area contributed by atoms with Gasteiger partial charge >= 0.3 is 0 Å². The molecule has 1 aromatic carbocycles. The molecule has 0 unspecified atom stereocenters. The molecule has 4 rings (SSSR count). The summed E-state index contributed by atoms with van der Waals surface area (Å²) in [5, 5.41) is 4.60. The van der Waals surface area contributed by atoms with Crippen molar-refractivity contribution in [3.05, 3.63) is 47.8 Å². The van der Waals surface area contributed by atoms with Crippen LogP contribution in [0, 0.1) is 0 Å². The number of nitrogens with zero attached hydrogens (tertiary/aromatic N) is 4. The third-order valence-corrected chi connectivity index (χ3v) is 5.42. The lowest BCUT2D eigenvalue weighted by atomic mass is 10.2. The number of hydrogen-bond donors (Lipinski definition) is 0. The first kappa shape index (κ1) is 19.0. The van der Waals surface area contributed by atoms with Gasteiger partial charge < -0.3 is 14.4 Å². The lowest BCUT2D eigenvalue weighted by molar-refractivity contribution is 0.0298. The van der Waals surface area contributed by atoms with E-state index in [4.69, 9.17) is 9.47 Å². The van der Waals surface area contributed by atoms with Crippen LogP contribution in [0.2, 0.25) is 0 Å². The SMILES string of the molecule is C[C@H](COc1ccccc1)N1CCCn2nc(C(=O)N3CCOCC3)cc2C1. The highest BCUT2D eigenvalue weighted by molar-refractivity contribution is 5.92. The van der Waals surface area contributed by atoms with Crippen LogP contribution < -0.4 is 4.74 Å². The minimum atomic E-state index is 0.0101. The number of rotatable bonds is 5. The Bertz CT molecular complexity index is 786. The molecular formula is C21H28N4O3. The monoisotopic (exact) mass is 384 g/mol. The van der Waals surface area contributed by atoms with Gasteiger partial charge in [0, 0.05) is 38.8 Å². The van der Waals surface area contributed by atoms with Gasteiger partial charge in [-0.1, -0.05) is 18.2 Å². The van der Waals surface area contributed by atoms with Crippen LogP contribution in [0.15, 0.2) is 36.4 Å². The summed E-state index contributed by atoms with van der Waals surface area (Å²) in [6.07, 6.45) is 1.01. The van der Waals surface area contributed by atoms with E-state index < -0.39 is 0 Å². The standard InChI is InChI=1S/C21H28N4O3/c1-17(16-28-19-6-3-2-4-7-19)24-8-5-9-25-18(15-24)14-20(22-25)21(26)23-10-12-27-13-11-23/h2-4,6-7,14,17H,5,8-13,15-16H2,1H3/t17-/m1/s1. The van der Waals surface area contributed by atoms with Crippen molar-refractivity contribution in [3.63, 3.8) is 0 Å². The van der Waals surface area contributed by atoms with Crippen molar-refractivity contribution in [3.8, 4) is 5.75 Å². The summed E-state index contributed by atoms with van der Waals surface area (Å²) in [5.74, 6) is 0.906. The fourth-order valence-corrected chi connectivity index (χ4v) is 3.74. The van der Waals surface area contributed by atoms with Crippen molar-refractivity contribution in [1.29, 1.82) is 0 Å². The Morgan fingerprint density at radius 2 is 1.96 bits per heavy atom. The maximum Gasteiger partial charge on any atom is 0.274 e. The van der Waals surface area contributed by atoms with E-state index >= 15 is 0 Å². The molecule has 7 nitrogen and oxygen atoms in total. The molecule has 1 amide bonds. The third-order valence-electron chi connectivity index (χ3n) is 5.42. The predicted octanol–water partition coefficient (Wildman–Crippen LogP) is 2.03. The number of amides is 1. The summed E-state index contributed by atoms with van der Waals surface area (Å²) in [4.78, 5) is 17.0. The zero-order valence-electron chi connectivity index (χ0n) is 16.4. The maximum absolute atomic E-state index is 12.7. The second-order valence-electron chi connectivity index (χ2n) is 7.45. The summed E-state index contributed by atoms with van der Waals surface area (Å²) in [7, 11) is 0. The largest absolute Gasteiger partial charge is 0.492 e. The van der Waals surface area contributed by atoms with Crippen LogP contribution in [-0.2, 0) is 17.8 Å². The summed E-state index contributed by atoms with van der Waals surface area (Å²) >= 11 is 0. The van der Waals surface area contributed by atoms with Crippen molar-refractivity contribution < 1.29 is 14.3 Å². The van der Waals surface area contributed by atoms with Crippen molar-refractivity contribution in [2.75, 3.05) is 39.5 Å². The summed E-state index contributed by atoms with van der Waals surface area (Å²) in [6.45, 7) is 7.93. The predicted molar refractivity (Wildman–Crippen MR) is 105 cm³/mol. The van der Waals surface area contributed by atoms with Gasteiger partial charge in [0.25, 0.3) is 5.91 Å². The number of carbonyl (C=O) groups is 1. The first-order valence-electron chi connectivity index (χ1n) is 10.1. The Labute approximate surface area is 165 Å². The maximum atomic E-state index is 12.7. The van der Waals surface area contributed by atoms with E-state index in [2.05, 4.69) is 16.9 Å². The topological polar surface area (TPSA) is 59.8 Å². The smallest absolute Gasteiger partial charge is 0.274 e. The molecule has 2 aliphatic rings. The van der Waals surface area contributed by atoms with Crippen molar-refractivity contribution in [2.24, 2.45) is 0 Å². The molecule has 1 saturated heterocycles. The number of morpholine rings is 1. The zero-order chi connectivity index (χ0) is 19.3. The van der Waals surface area contributed by atoms with Crippen LogP contribution in [0.5, 0.6) is 5.75 Å². The second-order valence-corrected chi connectivity index (χ2v) is 7.45. The van der Waals surface area contributed by atoms with E-state index in [0.29, 0.717) is 38.6 Å². The quantitative estimate of drug-likeness (QED) is 0.789. The fraction of sp³-hybridized carbons (Fsp3) is 0.524. The number of aromatic nitrogens is 2. The van der Waals surface area contributed by atoms with Gasteiger partial charge in [-0.2, -0.15) is 5.10 Å². The number of ether oxygens (including phenoxy) is 2. The molecule has 28 heavy (non-hydrogen) atoms. The molecule has 0 saturated carbocycles. The van der Waals surface area contributed by atoms with E-state index in [1.165, 1.54) is 0 Å². The number of para-hydroxylation sites is 1. The molecule has 0 N–H and O–H groups in total. The Hall–Kier alpha value is -2.38. The average Bonchev–Trinajstić information content (AvgIpc) is 3.04. The highest BCUT2D eigenvalue weighted by Gasteiger charge is 2.25. The van der Waals surface area contributed by atoms with Gasteiger partial charge in [-0.25, -0.2) is 0 Å². The lowest BCUT2D eigenvalue weighted by Crippen LogP contribution is -2.40. The molecule has 1 aromatic heterocycles. The third kappa shape index (κ3) is 4.36.